The van der Waals surface area contributed by atoms with Crippen molar-refractivity contribution in [3.05, 3.63) is 0 Å². The predicted molar refractivity (Wildman–Crippen MR) is 71.9 cm³/mol. The molecule has 0 aliphatic heterocycles. The fourth-order valence-electron chi connectivity index (χ4n) is 2.46. The Labute approximate surface area is 110 Å². The van der Waals surface area contributed by atoms with E-state index in [9.17, 15) is 0 Å². The maximum absolute atomic E-state index is 5.88. The molecule has 1 aliphatic carbocycles. The van der Waals surface area contributed by atoms with Crippen molar-refractivity contribution in [2.24, 2.45) is 0 Å². The molecule has 0 amide bonds. The molecule has 4 heteroatoms. The molecule has 1 saturated carbocycles. The van der Waals surface area contributed by atoms with Crippen LogP contribution in [0.2, 0.25) is 0 Å². The van der Waals surface area contributed by atoms with Crippen LogP contribution in [0.25, 0.3) is 0 Å². The summed E-state index contributed by atoms with van der Waals surface area (Å²) in [5, 5.41) is 0. The zero-order valence-corrected chi connectivity index (χ0v) is 11.8. The molecule has 0 aromatic carbocycles. The molecule has 1 fully saturated rings. The van der Waals surface area contributed by atoms with E-state index in [4.69, 9.17) is 21.1 Å². The van der Waals surface area contributed by atoms with Crippen LogP contribution in [0.15, 0.2) is 0 Å². The van der Waals surface area contributed by atoms with E-state index in [1.165, 1.54) is 32.1 Å². The lowest BCUT2D eigenvalue weighted by Crippen LogP contribution is -2.40. The Hall–Kier alpha value is 0.170. The third-order valence-corrected chi connectivity index (χ3v) is 3.59. The van der Waals surface area contributed by atoms with Crippen LogP contribution in [0.1, 0.15) is 32.1 Å². The summed E-state index contributed by atoms with van der Waals surface area (Å²) in [5.41, 5.74) is 0. The summed E-state index contributed by atoms with van der Waals surface area (Å²) >= 11 is 5.88. The maximum atomic E-state index is 5.88. The minimum absolute atomic E-state index is 0.679. The van der Waals surface area contributed by atoms with Crippen molar-refractivity contribution in [2.45, 2.75) is 38.1 Å². The lowest BCUT2D eigenvalue weighted by molar-refractivity contribution is 0.0465. The van der Waals surface area contributed by atoms with E-state index in [1.54, 1.807) is 7.11 Å². The molecule has 0 saturated heterocycles. The van der Waals surface area contributed by atoms with Gasteiger partial charge in [0.15, 0.2) is 0 Å². The van der Waals surface area contributed by atoms with Crippen molar-refractivity contribution >= 4 is 11.6 Å². The van der Waals surface area contributed by atoms with E-state index in [0.717, 1.165) is 25.7 Å². The van der Waals surface area contributed by atoms with E-state index in [-0.39, 0.29) is 0 Å². The van der Waals surface area contributed by atoms with Gasteiger partial charge >= 0.3 is 0 Å². The summed E-state index contributed by atoms with van der Waals surface area (Å²) in [5.74, 6) is 0.717. The van der Waals surface area contributed by atoms with Crippen LogP contribution in [0.5, 0.6) is 0 Å². The van der Waals surface area contributed by atoms with E-state index in [0.29, 0.717) is 19.1 Å². The summed E-state index contributed by atoms with van der Waals surface area (Å²) in [6, 6.07) is 0.730. The van der Waals surface area contributed by atoms with Crippen LogP contribution in [-0.2, 0) is 9.47 Å². The lowest BCUT2D eigenvalue weighted by atomic mass is 9.94. The quantitative estimate of drug-likeness (QED) is 0.471. The minimum Gasteiger partial charge on any atom is -0.382 e. The van der Waals surface area contributed by atoms with Gasteiger partial charge in [-0.05, 0) is 12.8 Å². The Morgan fingerprint density at radius 1 is 1.06 bits per heavy atom. The number of rotatable bonds is 9. The minimum atomic E-state index is 0.679. The third-order valence-electron chi connectivity index (χ3n) is 3.42. The SMILES string of the molecule is COCCOCCN(CCCl)C1CCCCC1. The molecule has 0 N–H and O–H groups in total. The lowest BCUT2D eigenvalue weighted by Gasteiger charge is -2.33. The number of nitrogens with zero attached hydrogens (tertiary/aromatic N) is 1. The summed E-state index contributed by atoms with van der Waals surface area (Å²) in [7, 11) is 1.70. The van der Waals surface area contributed by atoms with Gasteiger partial charge in [-0.2, -0.15) is 0 Å². The molecule has 0 unspecified atom stereocenters. The first-order valence-electron chi connectivity index (χ1n) is 6.75. The van der Waals surface area contributed by atoms with Crippen LogP contribution in [-0.4, -0.2) is 56.8 Å². The van der Waals surface area contributed by atoms with E-state index in [1.807, 2.05) is 0 Å². The van der Waals surface area contributed by atoms with Gasteiger partial charge in [-0.25, -0.2) is 0 Å². The second-order valence-corrected chi connectivity index (χ2v) is 5.00. The molecular formula is C13H26ClNO2. The van der Waals surface area contributed by atoms with E-state index >= 15 is 0 Å². The molecule has 1 aliphatic rings. The number of halogens is 1. The predicted octanol–water partition coefficient (Wildman–Crippen LogP) is 2.52. The summed E-state index contributed by atoms with van der Waals surface area (Å²) in [4.78, 5) is 2.50. The van der Waals surface area contributed by atoms with Gasteiger partial charge in [-0.1, -0.05) is 19.3 Å². The Morgan fingerprint density at radius 2 is 1.82 bits per heavy atom. The van der Waals surface area contributed by atoms with Crippen LogP contribution in [0.4, 0.5) is 0 Å². The van der Waals surface area contributed by atoms with Gasteiger partial charge in [0.1, 0.15) is 0 Å². The Morgan fingerprint density at radius 3 is 2.47 bits per heavy atom. The summed E-state index contributed by atoms with van der Waals surface area (Å²) in [6.45, 7) is 4.15. The average Bonchev–Trinajstić information content (AvgIpc) is 2.38. The molecular weight excluding hydrogens is 238 g/mol. The Bertz CT molecular complexity index is 175. The molecule has 0 spiro atoms. The van der Waals surface area contributed by atoms with Crippen LogP contribution in [0.3, 0.4) is 0 Å². The van der Waals surface area contributed by atoms with Crippen LogP contribution >= 0.6 is 11.6 Å². The number of ether oxygens (including phenoxy) is 2. The van der Waals surface area contributed by atoms with Crippen LogP contribution in [0, 0.1) is 0 Å². The molecule has 0 atom stereocenters. The smallest absolute Gasteiger partial charge is 0.0700 e. The van der Waals surface area contributed by atoms with E-state index in [2.05, 4.69) is 4.90 Å². The van der Waals surface area contributed by atoms with Crippen molar-refractivity contribution in [1.82, 2.24) is 4.90 Å². The average molecular weight is 264 g/mol. The van der Waals surface area contributed by atoms with E-state index < -0.39 is 0 Å². The second kappa shape index (κ2) is 10.1. The summed E-state index contributed by atoms with van der Waals surface area (Å²) in [6.07, 6.45) is 6.79. The van der Waals surface area contributed by atoms with Gasteiger partial charge in [0, 0.05) is 32.1 Å². The van der Waals surface area contributed by atoms with Crippen molar-refractivity contribution in [3.63, 3.8) is 0 Å². The highest BCUT2D eigenvalue weighted by Gasteiger charge is 2.20. The normalized spacial score (nSPS) is 17.8. The monoisotopic (exact) mass is 263 g/mol. The first-order valence-corrected chi connectivity index (χ1v) is 7.28. The third kappa shape index (κ3) is 6.61. The fraction of sp³-hybridized carbons (Fsp3) is 1.00. The molecule has 17 heavy (non-hydrogen) atoms. The summed E-state index contributed by atoms with van der Waals surface area (Å²) < 4.78 is 10.5. The molecule has 0 bridgehead atoms. The van der Waals surface area contributed by atoms with Gasteiger partial charge in [0.2, 0.25) is 0 Å². The van der Waals surface area contributed by atoms with Crippen molar-refractivity contribution in [3.8, 4) is 0 Å². The van der Waals surface area contributed by atoms with Crippen molar-refractivity contribution in [2.75, 3.05) is 45.9 Å². The highest BCUT2D eigenvalue weighted by atomic mass is 35.5. The topological polar surface area (TPSA) is 21.7 Å². The molecule has 0 heterocycles. The molecule has 0 aromatic rings. The standard InChI is InChI=1S/C13H26ClNO2/c1-16-11-12-17-10-9-15(8-7-14)13-5-3-2-4-6-13/h13H,2-12H2,1H3. The number of hydrogen-bond donors (Lipinski definition) is 0. The van der Waals surface area contributed by atoms with Gasteiger partial charge in [0.05, 0.1) is 19.8 Å². The number of methoxy groups -OCH3 is 1. The van der Waals surface area contributed by atoms with Crippen molar-refractivity contribution < 1.29 is 9.47 Å². The number of hydrogen-bond acceptors (Lipinski definition) is 3. The highest BCUT2D eigenvalue weighted by Crippen LogP contribution is 2.22. The zero-order chi connectivity index (χ0) is 12.3. The van der Waals surface area contributed by atoms with Gasteiger partial charge < -0.3 is 9.47 Å². The maximum Gasteiger partial charge on any atom is 0.0700 e. The second-order valence-electron chi connectivity index (χ2n) is 4.62. The molecule has 3 nitrogen and oxygen atoms in total. The van der Waals surface area contributed by atoms with Gasteiger partial charge in [0.25, 0.3) is 0 Å². The molecule has 102 valence electrons. The largest absolute Gasteiger partial charge is 0.382 e. The Balaban J connectivity index is 2.17. The Kier molecular flexibility index (Phi) is 9.07. The van der Waals surface area contributed by atoms with Crippen LogP contribution < -0.4 is 0 Å². The van der Waals surface area contributed by atoms with Gasteiger partial charge in [-0.3, -0.25) is 4.90 Å². The first kappa shape index (κ1) is 15.2. The fourth-order valence-corrected chi connectivity index (χ4v) is 2.67. The highest BCUT2D eigenvalue weighted by molar-refractivity contribution is 6.18. The molecule has 0 radical (unpaired) electrons. The molecule has 0 aromatic heterocycles. The van der Waals surface area contributed by atoms with Gasteiger partial charge in [-0.15, -0.1) is 11.6 Å². The van der Waals surface area contributed by atoms with Crippen molar-refractivity contribution in [1.29, 1.82) is 0 Å². The number of alkyl halides is 1. The zero-order valence-electron chi connectivity index (χ0n) is 11.0. The first-order chi connectivity index (χ1) is 8.38. The molecule has 1 rings (SSSR count).